The lowest BCUT2D eigenvalue weighted by atomic mass is 10.2. The summed E-state index contributed by atoms with van der Waals surface area (Å²) in [6.45, 7) is 0.447. The predicted molar refractivity (Wildman–Crippen MR) is 47.2 cm³/mol. The van der Waals surface area contributed by atoms with Crippen molar-refractivity contribution in [3.8, 4) is 0 Å². The van der Waals surface area contributed by atoms with Gasteiger partial charge in [0.05, 0.1) is 0 Å². The molecule has 1 saturated carbocycles. The van der Waals surface area contributed by atoms with Gasteiger partial charge in [0.25, 0.3) is 0 Å². The standard InChI is InChI=1S/C9H12N2O3/c12-7-5-8(13)11(9(14)10-7)4-3-6-1-2-6/h6H,1-5H2,(H,10,12,14). The Morgan fingerprint density at radius 2 is 2.00 bits per heavy atom. The van der Waals surface area contributed by atoms with Gasteiger partial charge in [-0.3, -0.25) is 19.8 Å². The first-order chi connectivity index (χ1) is 6.66. The van der Waals surface area contributed by atoms with Gasteiger partial charge in [-0.05, 0) is 12.3 Å². The van der Waals surface area contributed by atoms with Crippen LogP contribution < -0.4 is 5.32 Å². The van der Waals surface area contributed by atoms with Crippen LogP contribution in [0.4, 0.5) is 4.79 Å². The second-order valence-electron chi connectivity index (χ2n) is 3.81. The first-order valence-electron chi connectivity index (χ1n) is 4.81. The van der Waals surface area contributed by atoms with Crippen molar-refractivity contribution in [3.05, 3.63) is 0 Å². The summed E-state index contributed by atoms with van der Waals surface area (Å²) in [7, 11) is 0. The van der Waals surface area contributed by atoms with E-state index in [1.54, 1.807) is 0 Å². The molecule has 1 aliphatic carbocycles. The van der Waals surface area contributed by atoms with Gasteiger partial charge >= 0.3 is 6.03 Å². The van der Waals surface area contributed by atoms with E-state index in [4.69, 9.17) is 0 Å². The van der Waals surface area contributed by atoms with Crippen LogP contribution in [0.15, 0.2) is 0 Å². The average molecular weight is 196 g/mol. The van der Waals surface area contributed by atoms with Crippen LogP contribution in [0.1, 0.15) is 25.7 Å². The Morgan fingerprint density at radius 3 is 2.57 bits per heavy atom. The van der Waals surface area contributed by atoms with Gasteiger partial charge in [-0.2, -0.15) is 0 Å². The van der Waals surface area contributed by atoms with Crippen molar-refractivity contribution in [3.63, 3.8) is 0 Å². The highest BCUT2D eigenvalue weighted by Crippen LogP contribution is 2.32. The minimum absolute atomic E-state index is 0.198. The Morgan fingerprint density at radius 1 is 1.29 bits per heavy atom. The molecule has 0 radical (unpaired) electrons. The Labute approximate surface area is 81.4 Å². The molecule has 2 rings (SSSR count). The van der Waals surface area contributed by atoms with Gasteiger partial charge in [-0.1, -0.05) is 12.8 Å². The molecular weight excluding hydrogens is 184 g/mol. The normalized spacial score (nSPS) is 22.6. The predicted octanol–water partition coefficient (Wildman–Crippen LogP) is 0.255. The molecule has 1 N–H and O–H groups in total. The zero-order valence-electron chi connectivity index (χ0n) is 7.78. The molecule has 0 aromatic carbocycles. The highest BCUT2D eigenvalue weighted by molar-refractivity contribution is 6.14. The minimum Gasteiger partial charge on any atom is -0.277 e. The molecule has 1 heterocycles. The molecule has 14 heavy (non-hydrogen) atoms. The summed E-state index contributed by atoms with van der Waals surface area (Å²) >= 11 is 0. The molecule has 1 aliphatic heterocycles. The van der Waals surface area contributed by atoms with E-state index in [0.29, 0.717) is 12.5 Å². The van der Waals surface area contributed by atoms with Crippen molar-refractivity contribution in [1.29, 1.82) is 0 Å². The molecule has 5 heteroatoms. The summed E-state index contributed by atoms with van der Waals surface area (Å²) in [5, 5.41) is 2.13. The van der Waals surface area contributed by atoms with Crippen LogP contribution in [0.5, 0.6) is 0 Å². The third-order valence-electron chi connectivity index (χ3n) is 2.56. The van der Waals surface area contributed by atoms with Crippen LogP contribution in [0, 0.1) is 5.92 Å². The third-order valence-corrected chi connectivity index (χ3v) is 2.56. The molecular formula is C9H12N2O3. The van der Waals surface area contributed by atoms with E-state index >= 15 is 0 Å². The SMILES string of the molecule is O=C1CC(=O)N(CCC2CC2)C(=O)N1. The first kappa shape index (κ1) is 9.18. The molecule has 1 saturated heterocycles. The number of imide groups is 2. The van der Waals surface area contributed by atoms with Crippen molar-refractivity contribution >= 4 is 17.8 Å². The number of hydrogen-bond acceptors (Lipinski definition) is 3. The fourth-order valence-electron chi connectivity index (χ4n) is 1.52. The van der Waals surface area contributed by atoms with Gasteiger partial charge in [0.2, 0.25) is 11.8 Å². The molecule has 0 spiro atoms. The lowest BCUT2D eigenvalue weighted by Gasteiger charge is -2.24. The smallest absolute Gasteiger partial charge is 0.277 e. The number of barbiturate groups is 1. The van der Waals surface area contributed by atoms with Crippen molar-refractivity contribution in [2.75, 3.05) is 6.54 Å². The number of hydrogen-bond donors (Lipinski definition) is 1. The van der Waals surface area contributed by atoms with Crippen molar-refractivity contribution in [2.45, 2.75) is 25.7 Å². The summed E-state index contributed by atoms with van der Waals surface area (Å²) < 4.78 is 0. The number of rotatable bonds is 3. The number of amides is 4. The number of urea groups is 1. The Kier molecular flexibility index (Phi) is 2.23. The van der Waals surface area contributed by atoms with Crippen LogP contribution in [-0.4, -0.2) is 29.3 Å². The van der Waals surface area contributed by atoms with E-state index in [0.717, 1.165) is 11.3 Å². The lowest BCUT2D eigenvalue weighted by Crippen LogP contribution is -2.52. The molecule has 0 unspecified atom stereocenters. The van der Waals surface area contributed by atoms with Gasteiger partial charge in [0.1, 0.15) is 6.42 Å². The molecule has 4 amide bonds. The Hall–Kier alpha value is -1.39. The molecule has 0 aromatic rings. The lowest BCUT2D eigenvalue weighted by molar-refractivity contribution is -0.136. The molecule has 5 nitrogen and oxygen atoms in total. The van der Waals surface area contributed by atoms with Gasteiger partial charge in [0, 0.05) is 6.54 Å². The third kappa shape index (κ3) is 1.92. The second kappa shape index (κ2) is 3.40. The largest absolute Gasteiger partial charge is 0.330 e. The molecule has 0 aromatic heterocycles. The van der Waals surface area contributed by atoms with E-state index in [9.17, 15) is 14.4 Å². The highest BCUT2D eigenvalue weighted by Gasteiger charge is 2.32. The summed E-state index contributed by atoms with van der Waals surface area (Å²) in [5.74, 6) is -0.199. The molecule has 0 atom stereocenters. The Bertz CT molecular complexity index is 276. The van der Waals surface area contributed by atoms with Crippen LogP contribution in [0.25, 0.3) is 0 Å². The summed E-state index contributed by atoms with van der Waals surface area (Å²) in [6.07, 6.45) is 3.06. The van der Waals surface area contributed by atoms with Crippen molar-refractivity contribution < 1.29 is 14.4 Å². The van der Waals surface area contributed by atoms with E-state index in [-0.39, 0.29) is 12.3 Å². The van der Waals surface area contributed by atoms with Gasteiger partial charge in [-0.25, -0.2) is 4.79 Å². The Balaban J connectivity index is 1.90. The molecule has 76 valence electrons. The highest BCUT2D eigenvalue weighted by atomic mass is 16.2. The van der Waals surface area contributed by atoms with Crippen LogP contribution in [0.2, 0.25) is 0 Å². The maximum Gasteiger partial charge on any atom is 0.330 e. The van der Waals surface area contributed by atoms with Crippen LogP contribution >= 0.6 is 0 Å². The first-order valence-corrected chi connectivity index (χ1v) is 4.81. The van der Waals surface area contributed by atoms with Crippen molar-refractivity contribution in [1.82, 2.24) is 10.2 Å². The van der Waals surface area contributed by atoms with Gasteiger partial charge < -0.3 is 0 Å². The maximum atomic E-state index is 11.3. The van der Waals surface area contributed by atoms with E-state index in [2.05, 4.69) is 5.32 Å². The monoisotopic (exact) mass is 196 g/mol. The molecule has 0 bridgehead atoms. The summed E-state index contributed by atoms with van der Waals surface area (Å²) in [6, 6.07) is -0.563. The zero-order valence-corrected chi connectivity index (χ0v) is 7.78. The van der Waals surface area contributed by atoms with E-state index < -0.39 is 11.9 Å². The number of carbonyl (C=O) groups is 3. The van der Waals surface area contributed by atoms with Crippen molar-refractivity contribution in [2.24, 2.45) is 5.92 Å². The maximum absolute atomic E-state index is 11.3. The number of nitrogens with zero attached hydrogens (tertiary/aromatic N) is 1. The minimum atomic E-state index is -0.563. The molecule has 2 aliphatic rings. The van der Waals surface area contributed by atoms with Gasteiger partial charge in [0.15, 0.2) is 0 Å². The summed E-state index contributed by atoms with van der Waals surface area (Å²) in [5.41, 5.74) is 0. The zero-order chi connectivity index (χ0) is 10.1. The number of carbonyl (C=O) groups excluding carboxylic acids is 3. The fraction of sp³-hybridized carbons (Fsp3) is 0.667. The number of nitrogens with one attached hydrogen (secondary N) is 1. The quantitative estimate of drug-likeness (QED) is 0.658. The second-order valence-corrected chi connectivity index (χ2v) is 3.81. The topological polar surface area (TPSA) is 66.5 Å². The van der Waals surface area contributed by atoms with Crippen LogP contribution in [0.3, 0.4) is 0 Å². The average Bonchev–Trinajstić information content (AvgIpc) is 2.85. The molecule has 2 fully saturated rings. The van der Waals surface area contributed by atoms with E-state index in [1.165, 1.54) is 12.8 Å². The fourth-order valence-corrected chi connectivity index (χ4v) is 1.52. The summed E-state index contributed by atoms with van der Waals surface area (Å²) in [4.78, 5) is 34.5. The van der Waals surface area contributed by atoms with Crippen LogP contribution in [-0.2, 0) is 9.59 Å². The van der Waals surface area contributed by atoms with Gasteiger partial charge in [-0.15, -0.1) is 0 Å². The van der Waals surface area contributed by atoms with E-state index in [1.807, 2.05) is 0 Å².